The molecule has 106 heavy (non-hydrogen) atoms. The number of rotatable bonds is 14. The van der Waals surface area contributed by atoms with E-state index in [0.29, 0.717) is 0 Å². The van der Waals surface area contributed by atoms with Crippen LogP contribution >= 0.6 is 0 Å². The number of nitrogens with zero attached hydrogens (tertiary/aromatic N) is 2. The fourth-order valence-electron chi connectivity index (χ4n) is 14.5. The van der Waals surface area contributed by atoms with Crippen molar-refractivity contribution in [2.24, 2.45) is 0 Å². The van der Waals surface area contributed by atoms with Gasteiger partial charge >= 0.3 is 0 Å². The molecule has 0 aliphatic carbocycles. The Bertz CT molecular complexity index is 5560. The summed E-state index contributed by atoms with van der Waals surface area (Å²) in [5, 5.41) is 5.08. The maximum atomic E-state index is 2.36. The molecule has 0 spiro atoms. The molecular formula is C104H90N2. The zero-order chi connectivity index (χ0) is 72.9. The van der Waals surface area contributed by atoms with E-state index >= 15 is 0 Å². The maximum absolute atomic E-state index is 2.36. The number of fused-ring (bicyclic) bond motifs is 2. The molecule has 516 valence electrons. The smallest absolute Gasteiger partial charge is 0.0462 e. The Hall–Kier alpha value is -12.4. The summed E-state index contributed by atoms with van der Waals surface area (Å²) in [5.74, 6) is 0. The molecule has 2 nitrogen and oxygen atoms in total. The van der Waals surface area contributed by atoms with Gasteiger partial charge in [0.2, 0.25) is 0 Å². The van der Waals surface area contributed by atoms with Crippen molar-refractivity contribution in [1.82, 2.24) is 0 Å². The molecule has 16 rings (SSSR count). The average Bonchev–Trinajstić information content (AvgIpc) is 0.793. The number of hydrogen-bond acceptors (Lipinski definition) is 2. The second-order valence-corrected chi connectivity index (χ2v) is 31.0. The van der Waals surface area contributed by atoms with Gasteiger partial charge in [0.05, 0.1) is 0 Å². The highest BCUT2D eigenvalue weighted by molar-refractivity contribution is 5.98. The van der Waals surface area contributed by atoms with Gasteiger partial charge in [-0.2, -0.15) is 0 Å². The van der Waals surface area contributed by atoms with Crippen LogP contribution in [0.2, 0.25) is 0 Å². The third-order valence-electron chi connectivity index (χ3n) is 20.7. The van der Waals surface area contributed by atoms with Crippen LogP contribution in [0.5, 0.6) is 0 Å². The van der Waals surface area contributed by atoms with Gasteiger partial charge in [-0.3, -0.25) is 0 Å². The summed E-state index contributed by atoms with van der Waals surface area (Å²) in [6.45, 7) is 20.4. The molecule has 0 unspecified atom stereocenters. The highest BCUT2D eigenvalue weighted by Gasteiger charge is 2.21. The van der Waals surface area contributed by atoms with E-state index in [1.54, 1.807) is 0 Å². The van der Waals surface area contributed by atoms with Crippen LogP contribution in [-0.2, 0) is 16.2 Å². The van der Waals surface area contributed by atoms with Crippen LogP contribution in [0.4, 0.5) is 34.1 Å². The summed E-state index contributed by atoms with van der Waals surface area (Å²) in [6, 6.07) is 139. The van der Waals surface area contributed by atoms with Gasteiger partial charge in [-0.15, -0.1) is 0 Å². The van der Waals surface area contributed by atoms with Gasteiger partial charge in [-0.1, -0.05) is 372 Å². The summed E-state index contributed by atoms with van der Waals surface area (Å²) in [6.07, 6.45) is 0. The molecule has 16 aromatic rings. The lowest BCUT2D eigenvalue weighted by atomic mass is 9.85. The zero-order valence-electron chi connectivity index (χ0n) is 62.3. The van der Waals surface area contributed by atoms with Crippen molar-refractivity contribution >= 4 is 55.7 Å². The largest absolute Gasteiger partial charge is 0.311 e. The molecule has 2 heteroatoms. The van der Waals surface area contributed by atoms with Crippen molar-refractivity contribution in [1.29, 1.82) is 0 Å². The highest BCUT2D eigenvalue weighted by atomic mass is 15.1. The van der Waals surface area contributed by atoms with Gasteiger partial charge in [-0.25, -0.2) is 0 Å². The molecule has 0 radical (unpaired) electrons. The number of benzene rings is 16. The van der Waals surface area contributed by atoms with E-state index in [2.05, 4.69) is 454 Å². The lowest BCUT2D eigenvalue weighted by molar-refractivity contribution is 0.590. The second kappa shape index (κ2) is 29.8. The topological polar surface area (TPSA) is 6.48 Å². The summed E-state index contributed by atoms with van der Waals surface area (Å²) >= 11 is 0. The molecule has 0 N–H and O–H groups in total. The van der Waals surface area contributed by atoms with Gasteiger partial charge in [-0.05, 0) is 216 Å². The maximum Gasteiger partial charge on any atom is 0.0462 e. The molecule has 0 heterocycles. The number of anilines is 6. The molecular weight excluding hydrogens is 1280 g/mol. The minimum absolute atomic E-state index is 0.0952. The van der Waals surface area contributed by atoms with Gasteiger partial charge in [0.25, 0.3) is 0 Å². The lowest BCUT2D eigenvalue weighted by Crippen LogP contribution is -2.11. The highest BCUT2D eigenvalue weighted by Crippen LogP contribution is 2.43. The van der Waals surface area contributed by atoms with Crippen molar-refractivity contribution in [3.8, 4) is 89.0 Å². The van der Waals surface area contributed by atoms with Crippen molar-refractivity contribution in [2.45, 2.75) is 78.6 Å². The van der Waals surface area contributed by atoms with E-state index in [-0.39, 0.29) is 16.2 Å². The molecule has 0 aromatic heterocycles. The van der Waals surface area contributed by atoms with Crippen molar-refractivity contribution in [3.63, 3.8) is 0 Å². The third-order valence-corrected chi connectivity index (χ3v) is 20.7. The Morgan fingerprint density at radius 2 is 0.358 bits per heavy atom. The van der Waals surface area contributed by atoms with Crippen LogP contribution < -0.4 is 9.80 Å². The van der Waals surface area contributed by atoms with Crippen molar-refractivity contribution < 1.29 is 0 Å². The minimum atomic E-state index is 0.0952. The molecule has 0 bridgehead atoms. The Balaban J connectivity index is 0.000000170. The van der Waals surface area contributed by atoms with E-state index in [1.165, 1.54) is 127 Å². The van der Waals surface area contributed by atoms with Crippen LogP contribution in [0.3, 0.4) is 0 Å². The number of hydrogen-bond donors (Lipinski definition) is 0. The first-order valence-electron chi connectivity index (χ1n) is 37.2. The zero-order valence-corrected chi connectivity index (χ0v) is 62.3. The summed E-state index contributed by atoms with van der Waals surface area (Å²) in [4.78, 5) is 4.70. The Kier molecular flexibility index (Phi) is 19.5. The van der Waals surface area contributed by atoms with Crippen LogP contribution in [0.25, 0.3) is 111 Å². The van der Waals surface area contributed by atoms with E-state index < -0.39 is 0 Å². The van der Waals surface area contributed by atoms with Gasteiger partial charge in [0, 0.05) is 34.1 Å². The fourth-order valence-corrected chi connectivity index (χ4v) is 14.5. The van der Waals surface area contributed by atoms with Crippen LogP contribution in [0.15, 0.2) is 382 Å². The van der Waals surface area contributed by atoms with Gasteiger partial charge < -0.3 is 9.80 Å². The Morgan fingerprint density at radius 1 is 0.160 bits per heavy atom. The second-order valence-electron chi connectivity index (χ2n) is 31.0. The Morgan fingerprint density at radius 3 is 0.632 bits per heavy atom. The van der Waals surface area contributed by atoms with Crippen LogP contribution in [0, 0.1) is 0 Å². The molecule has 0 amide bonds. The molecule has 0 saturated heterocycles. The van der Waals surface area contributed by atoms with Gasteiger partial charge in [0.15, 0.2) is 0 Å². The molecule has 0 aliphatic rings. The summed E-state index contributed by atoms with van der Waals surface area (Å²) in [7, 11) is 0. The average molecular weight is 1370 g/mol. The quantitative estimate of drug-likeness (QED) is 0.107. The molecule has 0 atom stereocenters. The SMILES string of the molecule is CC(C)(C)c1cccc(-c2ccc(N(c3ccc(-c4ccc(-c5cccc6ccccc56)cc4)cc3)c3ccc(-c4cccc(C(C)(C)C)c4)cc3)cc2)c1.CC(C)(C)c1cccc(-c2ccc(N(c3ccc(-c4ccccc4)cc3)c3ccc(-c4ccc(-c5cccc6ccccc56)cc4)cc3)cc2)c1. The summed E-state index contributed by atoms with van der Waals surface area (Å²) in [5.41, 5.74) is 30.5. The third kappa shape index (κ3) is 15.3. The van der Waals surface area contributed by atoms with Gasteiger partial charge in [0.1, 0.15) is 0 Å². The van der Waals surface area contributed by atoms with Crippen LogP contribution in [0.1, 0.15) is 79.0 Å². The monoisotopic (exact) mass is 1370 g/mol. The first kappa shape index (κ1) is 69.4. The Labute approximate surface area is 627 Å². The van der Waals surface area contributed by atoms with Crippen LogP contribution in [-0.4, -0.2) is 0 Å². The summed E-state index contributed by atoms with van der Waals surface area (Å²) < 4.78 is 0. The predicted molar refractivity (Wildman–Crippen MR) is 457 cm³/mol. The molecule has 0 fully saturated rings. The van der Waals surface area contributed by atoms with Crippen molar-refractivity contribution in [2.75, 3.05) is 9.80 Å². The lowest BCUT2D eigenvalue weighted by Gasteiger charge is -2.26. The van der Waals surface area contributed by atoms with E-state index in [9.17, 15) is 0 Å². The fraction of sp³-hybridized carbons (Fsp3) is 0.115. The first-order valence-corrected chi connectivity index (χ1v) is 37.2. The minimum Gasteiger partial charge on any atom is -0.311 e. The van der Waals surface area contributed by atoms with E-state index in [0.717, 1.165) is 34.1 Å². The van der Waals surface area contributed by atoms with E-state index in [4.69, 9.17) is 0 Å². The molecule has 16 aromatic carbocycles. The van der Waals surface area contributed by atoms with Crippen molar-refractivity contribution in [3.05, 3.63) is 399 Å². The first-order chi connectivity index (χ1) is 51.4. The standard InChI is InChI=1S/C54H49N.C50H41N/c1-53(2,3)46-16-9-14-44(36-46)40-26-32-49(33-27-40)55(50-34-28-41(29-35-50)45-15-10-17-47(37-45)54(4,5)6)48-30-24-39(25-31-48)38-20-22-43(23-21-38)52-19-11-13-42-12-7-8-18-51(42)52;1-50(2,3)44-16-9-15-43(35-44)40-27-33-47(34-28-40)51(45-29-23-38(24-30-45)36-11-5-4-6-12-36)46-31-25-39(26-32-46)37-19-21-42(22-20-37)49-18-10-14-41-13-7-8-17-48(41)49/h7-37H,1-6H3;4-35H,1-3H3. The molecule has 0 saturated carbocycles. The normalized spacial score (nSPS) is 11.6. The predicted octanol–water partition coefficient (Wildman–Crippen LogP) is 29.8. The molecule has 0 aliphatic heterocycles. The van der Waals surface area contributed by atoms with E-state index in [1.807, 2.05) is 0 Å².